The predicted octanol–water partition coefficient (Wildman–Crippen LogP) is 3.04. The lowest BCUT2D eigenvalue weighted by atomic mass is 10.2. The number of carboxylic acid groups (broad SMARTS) is 2. The molecule has 0 amide bonds. The third-order valence-electron chi connectivity index (χ3n) is 4.25. The lowest BCUT2D eigenvalue weighted by molar-refractivity contribution is -0.597. The van der Waals surface area contributed by atoms with Crippen LogP contribution >= 0.6 is 12.0 Å². The van der Waals surface area contributed by atoms with Gasteiger partial charge in [0.15, 0.2) is 18.1 Å². The van der Waals surface area contributed by atoms with E-state index in [1.807, 2.05) is 0 Å². The summed E-state index contributed by atoms with van der Waals surface area (Å²) in [7, 11) is 0. The van der Waals surface area contributed by atoms with Crippen LogP contribution in [0.25, 0.3) is 5.69 Å². The van der Waals surface area contributed by atoms with E-state index in [1.54, 1.807) is 0 Å². The van der Waals surface area contributed by atoms with Gasteiger partial charge in [-0.1, -0.05) is 0 Å². The summed E-state index contributed by atoms with van der Waals surface area (Å²) in [5.74, 6) is -3.08. The average molecular weight is 443 g/mol. The molecule has 0 unspecified atom stereocenters. The van der Waals surface area contributed by atoms with Crippen molar-refractivity contribution in [2.75, 3.05) is 0 Å². The molecule has 0 aliphatic rings. The van der Waals surface area contributed by atoms with E-state index in [0.717, 1.165) is 0 Å². The number of H-pyrrole nitrogens is 1. The number of hydrogen-bond donors (Lipinski definition) is 5. The summed E-state index contributed by atoms with van der Waals surface area (Å²) < 4.78 is 10.4. The van der Waals surface area contributed by atoms with Gasteiger partial charge in [0.25, 0.3) is 5.69 Å². The highest BCUT2D eigenvalue weighted by molar-refractivity contribution is 7.93. The molecule has 31 heavy (non-hydrogen) atoms. The van der Waals surface area contributed by atoms with Crippen LogP contribution in [0.1, 0.15) is 26.3 Å². The fourth-order valence-electron chi connectivity index (χ4n) is 2.79. The van der Waals surface area contributed by atoms with Crippen molar-refractivity contribution in [1.29, 1.82) is 0 Å². The van der Waals surface area contributed by atoms with Crippen LogP contribution in [0.2, 0.25) is 0 Å². The fourth-order valence-corrected chi connectivity index (χ4v) is 3.09. The predicted molar refractivity (Wildman–Crippen MR) is 108 cm³/mol. The number of azo groups is 1. The van der Waals surface area contributed by atoms with Gasteiger partial charge in [-0.25, -0.2) is 9.59 Å². The van der Waals surface area contributed by atoms with Crippen LogP contribution in [0.5, 0.6) is 5.88 Å². The lowest BCUT2D eigenvalue weighted by Gasteiger charge is -2.06. The molecule has 1 aromatic carbocycles. The molecule has 0 radical (unpaired) electrons. The largest absolute Gasteiger partial charge is 0.493 e. The molecule has 2 heterocycles. The highest BCUT2D eigenvalue weighted by Gasteiger charge is 2.23. The molecule has 3 aromatic rings. The van der Waals surface area contributed by atoms with Gasteiger partial charge in [-0.2, -0.15) is 4.57 Å². The molecule has 0 saturated carbocycles. The SMILES string of the molecule is Cc1c(N=Nc2ccc(SO)cc2C(=O)O)c(O)[nH]c(=O)c1-[n+]1cccc(C(=O)O)c1. The zero-order valence-electron chi connectivity index (χ0n) is 15.8. The minimum atomic E-state index is -1.30. The molecule has 0 aliphatic heterocycles. The number of carbonyl (C=O) groups is 2. The highest BCUT2D eigenvalue weighted by atomic mass is 32.2. The van der Waals surface area contributed by atoms with Crippen LogP contribution in [0.4, 0.5) is 11.4 Å². The number of aromatic carboxylic acids is 2. The molecule has 2 aromatic heterocycles. The number of rotatable bonds is 6. The smallest absolute Gasteiger partial charge is 0.341 e. The second-order valence-electron chi connectivity index (χ2n) is 6.21. The number of aromatic amines is 1. The molecule has 11 nitrogen and oxygen atoms in total. The highest BCUT2D eigenvalue weighted by Crippen LogP contribution is 2.32. The molecule has 0 aliphatic carbocycles. The Bertz CT molecular complexity index is 1290. The Balaban J connectivity index is 2.13. The first kappa shape index (κ1) is 21.7. The molecule has 0 saturated heterocycles. The van der Waals surface area contributed by atoms with Crippen molar-refractivity contribution in [3.8, 4) is 11.6 Å². The van der Waals surface area contributed by atoms with Crippen molar-refractivity contribution in [1.82, 2.24) is 4.98 Å². The summed E-state index contributed by atoms with van der Waals surface area (Å²) in [5.41, 5.74) is -0.995. The van der Waals surface area contributed by atoms with Gasteiger partial charge in [0.05, 0.1) is 11.1 Å². The van der Waals surface area contributed by atoms with Gasteiger partial charge >= 0.3 is 17.5 Å². The average Bonchev–Trinajstić information content (AvgIpc) is 2.73. The second kappa shape index (κ2) is 8.77. The molecule has 0 fully saturated rings. The number of benzene rings is 1. The Labute approximate surface area is 178 Å². The maximum absolute atomic E-state index is 12.4. The van der Waals surface area contributed by atoms with Crippen LogP contribution in [0.15, 0.2) is 62.6 Å². The van der Waals surface area contributed by atoms with Gasteiger partial charge in [0.2, 0.25) is 5.88 Å². The number of aromatic hydroxyl groups is 1. The van der Waals surface area contributed by atoms with E-state index in [1.165, 1.54) is 54.2 Å². The van der Waals surface area contributed by atoms with Gasteiger partial charge in [0.1, 0.15) is 11.3 Å². The van der Waals surface area contributed by atoms with Crippen molar-refractivity contribution >= 4 is 35.4 Å². The Morgan fingerprint density at radius 2 is 1.87 bits per heavy atom. The van der Waals surface area contributed by atoms with E-state index in [-0.39, 0.29) is 38.6 Å². The monoisotopic (exact) mass is 443 g/mol. The standard InChI is InChI=1S/C19H14N4O7S/c1-9-14(22-21-13-5-4-11(31-30)7-12(13)19(28)29)16(24)20-17(25)15(9)23-6-2-3-10(8-23)18(26)27/h2-8H,1H3,(H4-,20,24,25,26,27,28,29,30)/p+1. The third-order valence-corrected chi connectivity index (χ3v) is 4.71. The Morgan fingerprint density at radius 3 is 2.52 bits per heavy atom. The van der Waals surface area contributed by atoms with E-state index >= 15 is 0 Å². The quantitative estimate of drug-likeness (QED) is 0.219. The van der Waals surface area contributed by atoms with Gasteiger partial charge in [-0.3, -0.25) is 9.78 Å². The maximum atomic E-state index is 12.4. The molecular formula is C19H15N4O7S+. The molecule has 3 rings (SSSR count). The van der Waals surface area contributed by atoms with Crippen molar-refractivity contribution < 1.29 is 34.0 Å². The number of carboxylic acids is 2. The summed E-state index contributed by atoms with van der Waals surface area (Å²) in [5, 5.41) is 36.5. The first-order valence-corrected chi connectivity index (χ1v) is 9.31. The molecule has 5 N–H and O–H groups in total. The van der Waals surface area contributed by atoms with Crippen LogP contribution in [-0.2, 0) is 0 Å². The Hall–Kier alpha value is -4.03. The third kappa shape index (κ3) is 4.44. The zero-order chi connectivity index (χ0) is 22.7. The number of nitrogens with zero attached hydrogens (tertiary/aromatic N) is 3. The van der Waals surface area contributed by atoms with Gasteiger partial charge in [-0.15, -0.1) is 10.2 Å². The second-order valence-corrected chi connectivity index (χ2v) is 6.86. The van der Waals surface area contributed by atoms with Crippen LogP contribution in [0, 0.1) is 6.92 Å². The van der Waals surface area contributed by atoms with Gasteiger partial charge in [0, 0.05) is 23.0 Å². The van der Waals surface area contributed by atoms with Crippen LogP contribution in [-0.4, -0.2) is 36.8 Å². The Kier molecular flexibility index (Phi) is 6.13. The number of hydrogen-bond acceptors (Lipinski definition) is 8. The topological polar surface area (TPSA) is 177 Å². The van der Waals surface area contributed by atoms with Crippen molar-refractivity contribution in [3.05, 3.63) is 69.8 Å². The number of aromatic nitrogens is 2. The number of pyridine rings is 2. The molecule has 158 valence electrons. The first-order chi connectivity index (χ1) is 14.7. The molecule has 12 heteroatoms. The summed E-state index contributed by atoms with van der Waals surface area (Å²) in [4.78, 5) is 37.6. The summed E-state index contributed by atoms with van der Waals surface area (Å²) >= 11 is 0.373. The van der Waals surface area contributed by atoms with Gasteiger partial charge in [-0.05, 0) is 31.2 Å². The van der Waals surface area contributed by atoms with Crippen molar-refractivity contribution in [3.63, 3.8) is 0 Å². The summed E-state index contributed by atoms with van der Waals surface area (Å²) in [6.07, 6.45) is 2.68. The Morgan fingerprint density at radius 1 is 1.13 bits per heavy atom. The zero-order valence-corrected chi connectivity index (χ0v) is 16.6. The van der Waals surface area contributed by atoms with E-state index in [4.69, 9.17) is 4.55 Å². The normalized spacial score (nSPS) is 11.0. The molecule has 0 atom stereocenters. The molecule has 0 bridgehead atoms. The van der Waals surface area contributed by atoms with E-state index < -0.39 is 23.4 Å². The number of nitrogens with one attached hydrogen (secondary N) is 1. The fraction of sp³-hybridized carbons (Fsp3) is 0.0526. The van der Waals surface area contributed by atoms with E-state index in [0.29, 0.717) is 12.0 Å². The van der Waals surface area contributed by atoms with Crippen LogP contribution in [0.3, 0.4) is 0 Å². The van der Waals surface area contributed by atoms with E-state index in [9.17, 15) is 29.7 Å². The van der Waals surface area contributed by atoms with Crippen LogP contribution < -0.4 is 10.1 Å². The minimum Gasteiger partial charge on any atom is -0.493 e. The van der Waals surface area contributed by atoms with Crippen molar-refractivity contribution in [2.24, 2.45) is 10.2 Å². The summed E-state index contributed by atoms with van der Waals surface area (Å²) in [6, 6.07) is 6.76. The lowest BCUT2D eigenvalue weighted by Crippen LogP contribution is -2.38. The maximum Gasteiger partial charge on any atom is 0.341 e. The van der Waals surface area contributed by atoms with Gasteiger partial charge < -0.3 is 19.9 Å². The molecular weight excluding hydrogens is 428 g/mol. The minimum absolute atomic E-state index is 0.000312. The van der Waals surface area contributed by atoms with Crippen molar-refractivity contribution in [2.45, 2.75) is 11.8 Å². The summed E-state index contributed by atoms with van der Waals surface area (Å²) in [6.45, 7) is 1.47. The molecule has 0 spiro atoms. The first-order valence-electron chi connectivity index (χ1n) is 8.54. The van der Waals surface area contributed by atoms with E-state index in [2.05, 4.69) is 15.2 Å².